The van der Waals surface area contributed by atoms with Gasteiger partial charge in [-0.2, -0.15) is 0 Å². The van der Waals surface area contributed by atoms with Crippen molar-refractivity contribution in [2.24, 2.45) is 17.8 Å². The Bertz CT molecular complexity index is 465. The van der Waals surface area contributed by atoms with Gasteiger partial charge in [-0.3, -0.25) is 4.79 Å². The molecule has 1 aliphatic rings. The van der Waals surface area contributed by atoms with Gasteiger partial charge in [0.25, 0.3) is 0 Å². The highest BCUT2D eigenvalue weighted by molar-refractivity contribution is 5.76. The SMILES string of the molecule is CC(C)C(CC(=O)NCc1ccco1)C1CCOC(C)(C)C1. The highest BCUT2D eigenvalue weighted by atomic mass is 16.5. The van der Waals surface area contributed by atoms with Crippen LogP contribution < -0.4 is 5.32 Å². The topological polar surface area (TPSA) is 51.5 Å². The third-order valence-electron chi connectivity index (χ3n) is 4.66. The number of amides is 1. The number of ether oxygens (including phenoxy) is 1. The quantitative estimate of drug-likeness (QED) is 0.870. The molecule has 22 heavy (non-hydrogen) atoms. The third-order valence-corrected chi connectivity index (χ3v) is 4.66. The summed E-state index contributed by atoms with van der Waals surface area (Å²) in [6.45, 7) is 9.99. The molecular weight excluding hydrogens is 278 g/mol. The zero-order chi connectivity index (χ0) is 16.2. The minimum atomic E-state index is -0.0687. The smallest absolute Gasteiger partial charge is 0.220 e. The molecule has 1 aliphatic heterocycles. The second kappa shape index (κ2) is 7.32. The van der Waals surface area contributed by atoms with E-state index in [2.05, 4.69) is 33.0 Å². The Hall–Kier alpha value is -1.29. The maximum atomic E-state index is 12.3. The maximum absolute atomic E-state index is 12.3. The molecule has 0 aliphatic carbocycles. The van der Waals surface area contributed by atoms with Gasteiger partial charge in [-0.25, -0.2) is 0 Å². The van der Waals surface area contributed by atoms with Gasteiger partial charge in [0, 0.05) is 13.0 Å². The summed E-state index contributed by atoms with van der Waals surface area (Å²) in [5.74, 6) is 2.35. The summed E-state index contributed by atoms with van der Waals surface area (Å²) in [5.41, 5.74) is -0.0687. The fraction of sp³-hybridized carbons (Fsp3) is 0.722. The summed E-state index contributed by atoms with van der Waals surface area (Å²) in [6.07, 6.45) is 4.29. The number of nitrogens with one attached hydrogen (secondary N) is 1. The fourth-order valence-corrected chi connectivity index (χ4v) is 3.48. The van der Waals surface area contributed by atoms with Gasteiger partial charge in [-0.15, -0.1) is 0 Å². The van der Waals surface area contributed by atoms with Gasteiger partial charge >= 0.3 is 0 Å². The molecule has 2 atom stereocenters. The predicted octanol–water partition coefficient (Wildman–Crippen LogP) is 3.76. The van der Waals surface area contributed by atoms with E-state index >= 15 is 0 Å². The van der Waals surface area contributed by atoms with Crippen LogP contribution in [0.2, 0.25) is 0 Å². The largest absolute Gasteiger partial charge is 0.467 e. The third kappa shape index (κ3) is 4.87. The molecule has 2 rings (SSSR count). The molecule has 1 aromatic heterocycles. The molecule has 0 saturated carbocycles. The Morgan fingerprint density at radius 1 is 1.45 bits per heavy atom. The second-order valence-electron chi connectivity index (χ2n) is 7.33. The minimum absolute atomic E-state index is 0.0687. The number of carbonyl (C=O) groups excluding carboxylic acids is 1. The lowest BCUT2D eigenvalue weighted by atomic mass is 9.73. The Labute approximate surface area is 133 Å². The van der Waals surface area contributed by atoms with Gasteiger partial charge in [0.15, 0.2) is 0 Å². The van der Waals surface area contributed by atoms with Crippen molar-refractivity contribution in [2.75, 3.05) is 6.61 Å². The molecule has 0 spiro atoms. The van der Waals surface area contributed by atoms with E-state index in [4.69, 9.17) is 9.15 Å². The Morgan fingerprint density at radius 3 is 2.82 bits per heavy atom. The molecule has 1 saturated heterocycles. The molecule has 124 valence electrons. The Balaban J connectivity index is 1.89. The summed E-state index contributed by atoms with van der Waals surface area (Å²) in [6, 6.07) is 3.71. The van der Waals surface area contributed by atoms with E-state index < -0.39 is 0 Å². The van der Waals surface area contributed by atoms with Crippen LogP contribution in [-0.2, 0) is 16.1 Å². The second-order valence-corrected chi connectivity index (χ2v) is 7.33. The molecule has 4 heteroatoms. The van der Waals surface area contributed by atoms with Crippen LogP contribution >= 0.6 is 0 Å². The molecular formula is C18H29NO3. The monoisotopic (exact) mass is 307 g/mol. The number of hydrogen-bond acceptors (Lipinski definition) is 3. The first-order valence-electron chi connectivity index (χ1n) is 8.30. The van der Waals surface area contributed by atoms with Crippen LogP contribution in [0, 0.1) is 17.8 Å². The summed E-state index contributed by atoms with van der Waals surface area (Å²) in [5, 5.41) is 2.97. The van der Waals surface area contributed by atoms with Gasteiger partial charge in [0.05, 0.1) is 18.4 Å². The summed E-state index contributed by atoms with van der Waals surface area (Å²) in [7, 11) is 0. The van der Waals surface area contributed by atoms with Crippen molar-refractivity contribution in [2.45, 2.75) is 59.1 Å². The summed E-state index contributed by atoms with van der Waals surface area (Å²) in [4.78, 5) is 12.3. The lowest BCUT2D eigenvalue weighted by Gasteiger charge is -2.40. The van der Waals surface area contributed by atoms with Crippen molar-refractivity contribution in [1.29, 1.82) is 0 Å². The van der Waals surface area contributed by atoms with Crippen molar-refractivity contribution in [3.8, 4) is 0 Å². The number of furan rings is 1. The maximum Gasteiger partial charge on any atom is 0.220 e. The first kappa shape index (κ1) is 17.1. The van der Waals surface area contributed by atoms with Crippen molar-refractivity contribution in [3.63, 3.8) is 0 Å². The molecule has 0 radical (unpaired) electrons. The number of carbonyl (C=O) groups is 1. The minimum Gasteiger partial charge on any atom is -0.467 e. The van der Waals surface area contributed by atoms with Crippen molar-refractivity contribution in [3.05, 3.63) is 24.2 Å². The van der Waals surface area contributed by atoms with Crippen LogP contribution in [-0.4, -0.2) is 18.1 Å². The molecule has 4 nitrogen and oxygen atoms in total. The molecule has 0 aromatic carbocycles. The van der Waals surface area contributed by atoms with E-state index in [1.807, 2.05) is 12.1 Å². The molecule has 0 bridgehead atoms. The van der Waals surface area contributed by atoms with E-state index in [0.717, 1.165) is 25.2 Å². The fourth-order valence-electron chi connectivity index (χ4n) is 3.48. The van der Waals surface area contributed by atoms with Crippen molar-refractivity contribution >= 4 is 5.91 Å². The van der Waals surface area contributed by atoms with Gasteiger partial charge in [-0.05, 0) is 56.6 Å². The Morgan fingerprint density at radius 2 is 2.23 bits per heavy atom. The van der Waals surface area contributed by atoms with Gasteiger partial charge in [0.1, 0.15) is 5.76 Å². The molecule has 2 unspecified atom stereocenters. The van der Waals surface area contributed by atoms with Gasteiger partial charge < -0.3 is 14.5 Å². The van der Waals surface area contributed by atoms with Crippen LogP contribution in [0.15, 0.2) is 22.8 Å². The highest BCUT2D eigenvalue weighted by Crippen LogP contribution is 2.37. The standard InChI is InChI=1S/C18H29NO3/c1-13(2)16(14-7-9-22-18(3,4)11-14)10-17(20)19-12-15-6-5-8-21-15/h5-6,8,13-14,16H,7,9-12H2,1-4H3,(H,19,20). The van der Waals surface area contributed by atoms with E-state index in [9.17, 15) is 4.79 Å². The summed E-state index contributed by atoms with van der Waals surface area (Å²) >= 11 is 0. The summed E-state index contributed by atoms with van der Waals surface area (Å²) < 4.78 is 11.1. The lowest BCUT2D eigenvalue weighted by Crippen LogP contribution is -2.39. The van der Waals surface area contributed by atoms with Crippen molar-refractivity contribution in [1.82, 2.24) is 5.32 Å². The van der Waals surface area contributed by atoms with Crippen LogP contribution in [0.5, 0.6) is 0 Å². The van der Waals surface area contributed by atoms with E-state index in [1.165, 1.54) is 0 Å². The zero-order valence-electron chi connectivity index (χ0n) is 14.2. The van der Waals surface area contributed by atoms with Crippen molar-refractivity contribution < 1.29 is 13.9 Å². The highest BCUT2D eigenvalue weighted by Gasteiger charge is 2.35. The number of rotatable bonds is 6. The number of hydrogen-bond donors (Lipinski definition) is 1. The molecule has 1 fully saturated rings. The predicted molar refractivity (Wildman–Crippen MR) is 86.3 cm³/mol. The van der Waals surface area contributed by atoms with Gasteiger partial charge in [-0.1, -0.05) is 13.8 Å². The van der Waals surface area contributed by atoms with Crippen LogP contribution in [0.1, 0.15) is 52.7 Å². The van der Waals surface area contributed by atoms with E-state index in [0.29, 0.717) is 30.7 Å². The van der Waals surface area contributed by atoms with E-state index in [-0.39, 0.29) is 11.5 Å². The average molecular weight is 307 g/mol. The average Bonchev–Trinajstić information content (AvgIpc) is 2.94. The van der Waals surface area contributed by atoms with Crippen LogP contribution in [0.4, 0.5) is 0 Å². The molecule has 1 N–H and O–H groups in total. The first-order valence-corrected chi connectivity index (χ1v) is 8.30. The van der Waals surface area contributed by atoms with Gasteiger partial charge in [0.2, 0.25) is 5.91 Å². The van der Waals surface area contributed by atoms with Crippen LogP contribution in [0.25, 0.3) is 0 Å². The normalized spacial score (nSPS) is 22.5. The Kier molecular flexibility index (Phi) is 5.68. The molecule has 1 amide bonds. The lowest BCUT2D eigenvalue weighted by molar-refractivity contribution is -0.125. The first-order chi connectivity index (χ1) is 10.4. The molecule has 1 aromatic rings. The van der Waals surface area contributed by atoms with E-state index in [1.54, 1.807) is 6.26 Å². The van der Waals surface area contributed by atoms with Crippen LogP contribution in [0.3, 0.4) is 0 Å². The molecule has 2 heterocycles. The zero-order valence-corrected chi connectivity index (χ0v) is 14.2.